The molecule has 1 aromatic carbocycles. The van der Waals surface area contributed by atoms with E-state index in [4.69, 9.17) is 14.5 Å². The molecule has 2 aliphatic heterocycles. The van der Waals surface area contributed by atoms with Gasteiger partial charge in [0.15, 0.2) is 17.5 Å². The zero-order valence-corrected chi connectivity index (χ0v) is 16.1. The predicted molar refractivity (Wildman–Crippen MR) is 107 cm³/mol. The summed E-state index contributed by atoms with van der Waals surface area (Å²) < 4.78 is 11.5. The highest BCUT2D eigenvalue weighted by atomic mass is 16.5. The number of fused-ring (bicyclic) bond motifs is 1. The Morgan fingerprint density at radius 2 is 2.00 bits per heavy atom. The largest absolute Gasteiger partial charge is 0.490 e. The molecule has 2 aliphatic rings. The normalized spacial score (nSPS) is 21.2. The molecule has 0 aliphatic carbocycles. The zero-order chi connectivity index (χ0) is 18.2. The second-order valence-corrected chi connectivity index (χ2v) is 6.83. The van der Waals surface area contributed by atoms with Gasteiger partial charge >= 0.3 is 0 Å². The average Bonchev–Trinajstić information content (AvgIpc) is 2.91. The van der Waals surface area contributed by atoms with E-state index in [-0.39, 0.29) is 0 Å². The van der Waals surface area contributed by atoms with E-state index in [1.54, 1.807) is 0 Å². The van der Waals surface area contributed by atoms with Crippen LogP contribution in [0.4, 0.5) is 5.69 Å². The first kappa shape index (κ1) is 18.8. The SMILES string of the molecule is CCNC(=NCC1CCCCN1CC)Nc1ccc2c(c1)OCCCO2. The number of hydrogen-bond acceptors (Lipinski definition) is 4. The van der Waals surface area contributed by atoms with Crippen molar-refractivity contribution in [1.82, 2.24) is 10.2 Å². The Labute approximate surface area is 157 Å². The molecule has 1 saturated heterocycles. The summed E-state index contributed by atoms with van der Waals surface area (Å²) in [6.45, 7) is 9.69. The summed E-state index contributed by atoms with van der Waals surface area (Å²) in [5, 5.41) is 6.75. The lowest BCUT2D eigenvalue weighted by molar-refractivity contribution is 0.161. The number of ether oxygens (including phenoxy) is 2. The van der Waals surface area contributed by atoms with Crippen LogP contribution in [0.2, 0.25) is 0 Å². The average molecular weight is 361 g/mol. The van der Waals surface area contributed by atoms with Gasteiger partial charge in [-0.1, -0.05) is 13.3 Å². The van der Waals surface area contributed by atoms with Crippen LogP contribution in [0.3, 0.4) is 0 Å². The fraction of sp³-hybridized carbons (Fsp3) is 0.650. The first-order valence-corrected chi connectivity index (χ1v) is 9.99. The smallest absolute Gasteiger partial charge is 0.195 e. The first-order valence-electron chi connectivity index (χ1n) is 9.99. The van der Waals surface area contributed by atoms with Crippen LogP contribution in [0.25, 0.3) is 0 Å². The first-order chi connectivity index (χ1) is 12.8. The molecule has 1 aromatic rings. The van der Waals surface area contributed by atoms with Gasteiger partial charge in [0.1, 0.15) is 0 Å². The van der Waals surface area contributed by atoms with E-state index in [2.05, 4.69) is 29.4 Å². The summed E-state index contributed by atoms with van der Waals surface area (Å²) in [6, 6.07) is 6.52. The number of piperidine rings is 1. The number of likely N-dealkylation sites (N-methyl/N-ethyl adjacent to an activating group) is 1. The van der Waals surface area contributed by atoms with Crippen molar-refractivity contribution in [3.05, 3.63) is 18.2 Å². The molecule has 2 heterocycles. The van der Waals surface area contributed by atoms with Crippen LogP contribution in [0.1, 0.15) is 39.5 Å². The van der Waals surface area contributed by atoms with Gasteiger partial charge < -0.3 is 20.1 Å². The number of benzene rings is 1. The van der Waals surface area contributed by atoms with Crippen molar-refractivity contribution < 1.29 is 9.47 Å². The van der Waals surface area contributed by atoms with Crippen LogP contribution in [-0.2, 0) is 0 Å². The molecule has 2 N–H and O–H groups in total. The maximum absolute atomic E-state index is 5.78. The number of anilines is 1. The molecular weight excluding hydrogens is 328 g/mol. The lowest BCUT2D eigenvalue weighted by Gasteiger charge is -2.34. The fourth-order valence-corrected chi connectivity index (χ4v) is 3.56. The van der Waals surface area contributed by atoms with Crippen LogP contribution >= 0.6 is 0 Å². The van der Waals surface area contributed by atoms with E-state index in [0.717, 1.165) is 49.2 Å². The van der Waals surface area contributed by atoms with Crippen LogP contribution in [-0.4, -0.2) is 56.3 Å². The van der Waals surface area contributed by atoms with Crippen molar-refractivity contribution in [1.29, 1.82) is 0 Å². The molecule has 0 aromatic heterocycles. The van der Waals surface area contributed by atoms with E-state index < -0.39 is 0 Å². The van der Waals surface area contributed by atoms with E-state index in [1.165, 1.54) is 25.8 Å². The lowest BCUT2D eigenvalue weighted by atomic mass is 10.0. The van der Waals surface area contributed by atoms with Crippen molar-refractivity contribution in [2.24, 2.45) is 4.99 Å². The van der Waals surface area contributed by atoms with Gasteiger partial charge in [-0.15, -0.1) is 0 Å². The third-order valence-electron chi connectivity index (χ3n) is 4.97. The van der Waals surface area contributed by atoms with Crippen molar-refractivity contribution >= 4 is 11.6 Å². The lowest BCUT2D eigenvalue weighted by Crippen LogP contribution is -2.42. The summed E-state index contributed by atoms with van der Waals surface area (Å²) in [4.78, 5) is 7.39. The molecule has 144 valence electrons. The number of guanidine groups is 1. The summed E-state index contributed by atoms with van der Waals surface area (Å²) in [5.74, 6) is 2.44. The van der Waals surface area contributed by atoms with Crippen LogP contribution < -0.4 is 20.1 Å². The number of hydrogen-bond donors (Lipinski definition) is 2. The highest BCUT2D eigenvalue weighted by molar-refractivity contribution is 5.93. The monoisotopic (exact) mass is 360 g/mol. The van der Waals surface area contributed by atoms with E-state index >= 15 is 0 Å². The minimum absolute atomic E-state index is 0.549. The van der Waals surface area contributed by atoms with E-state index in [1.807, 2.05) is 18.2 Å². The summed E-state index contributed by atoms with van der Waals surface area (Å²) >= 11 is 0. The number of aliphatic imine (C=N–C) groups is 1. The van der Waals surface area contributed by atoms with Crippen LogP contribution in [0.15, 0.2) is 23.2 Å². The highest BCUT2D eigenvalue weighted by Gasteiger charge is 2.20. The molecule has 6 heteroatoms. The van der Waals surface area contributed by atoms with Crippen molar-refractivity contribution in [3.63, 3.8) is 0 Å². The molecule has 1 fully saturated rings. The highest BCUT2D eigenvalue weighted by Crippen LogP contribution is 2.32. The molecule has 6 nitrogen and oxygen atoms in total. The van der Waals surface area contributed by atoms with Gasteiger partial charge in [-0.2, -0.15) is 0 Å². The van der Waals surface area contributed by atoms with Crippen LogP contribution in [0.5, 0.6) is 11.5 Å². The van der Waals surface area contributed by atoms with Gasteiger partial charge in [0.05, 0.1) is 19.8 Å². The minimum Gasteiger partial charge on any atom is -0.490 e. The quantitative estimate of drug-likeness (QED) is 0.624. The van der Waals surface area contributed by atoms with E-state index in [0.29, 0.717) is 19.3 Å². The Balaban J connectivity index is 1.66. The van der Waals surface area contributed by atoms with E-state index in [9.17, 15) is 0 Å². The second kappa shape index (κ2) is 9.67. The van der Waals surface area contributed by atoms with Gasteiger partial charge in [0.2, 0.25) is 0 Å². The molecular formula is C20H32N4O2. The number of nitrogens with one attached hydrogen (secondary N) is 2. The Kier molecular flexibility index (Phi) is 7.00. The number of rotatable bonds is 5. The van der Waals surface area contributed by atoms with Gasteiger partial charge in [0.25, 0.3) is 0 Å². The Morgan fingerprint density at radius 3 is 2.81 bits per heavy atom. The minimum atomic E-state index is 0.549. The number of likely N-dealkylation sites (tertiary alicyclic amines) is 1. The van der Waals surface area contributed by atoms with Crippen molar-refractivity contribution in [3.8, 4) is 11.5 Å². The summed E-state index contributed by atoms with van der Waals surface area (Å²) in [6.07, 6.45) is 4.77. The third kappa shape index (κ3) is 5.04. The standard InChI is InChI=1S/C20H32N4O2/c1-3-21-20(22-15-17-8-5-6-11-24(17)4-2)23-16-9-10-18-19(14-16)26-13-7-12-25-18/h9-10,14,17H,3-8,11-13,15H2,1-2H3,(H2,21,22,23). The summed E-state index contributed by atoms with van der Waals surface area (Å²) in [5.41, 5.74) is 0.963. The van der Waals surface area contributed by atoms with Crippen molar-refractivity contribution in [2.45, 2.75) is 45.6 Å². The Hall–Kier alpha value is -1.95. The van der Waals surface area contributed by atoms with Gasteiger partial charge in [-0.3, -0.25) is 9.89 Å². The molecule has 0 spiro atoms. The van der Waals surface area contributed by atoms with Crippen molar-refractivity contribution in [2.75, 3.05) is 44.7 Å². The molecule has 0 saturated carbocycles. The van der Waals surface area contributed by atoms with Crippen LogP contribution in [0, 0.1) is 0 Å². The second-order valence-electron chi connectivity index (χ2n) is 6.83. The Bertz CT molecular complexity index is 605. The van der Waals surface area contributed by atoms with Gasteiger partial charge in [0, 0.05) is 30.8 Å². The topological polar surface area (TPSA) is 58.1 Å². The fourth-order valence-electron chi connectivity index (χ4n) is 3.56. The molecule has 3 rings (SSSR count). The molecule has 1 atom stereocenters. The predicted octanol–water partition coefficient (Wildman–Crippen LogP) is 3.10. The van der Waals surface area contributed by atoms with Gasteiger partial charge in [-0.25, -0.2) is 0 Å². The molecule has 0 radical (unpaired) electrons. The number of nitrogens with zero attached hydrogens (tertiary/aromatic N) is 2. The van der Waals surface area contributed by atoms with Gasteiger partial charge in [-0.05, 0) is 45.0 Å². The maximum atomic E-state index is 5.78. The maximum Gasteiger partial charge on any atom is 0.195 e. The summed E-state index contributed by atoms with van der Waals surface area (Å²) in [7, 11) is 0. The Morgan fingerprint density at radius 1 is 1.15 bits per heavy atom. The molecule has 1 unspecified atom stereocenters. The molecule has 0 amide bonds. The molecule has 26 heavy (non-hydrogen) atoms. The third-order valence-corrected chi connectivity index (χ3v) is 4.97. The zero-order valence-electron chi connectivity index (χ0n) is 16.1. The molecule has 0 bridgehead atoms.